The molecule has 1 aliphatic rings. The number of carboxylic acids is 1. The Balaban J connectivity index is 2.02. The van der Waals surface area contributed by atoms with Crippen LogP contribution in [0.25, 0.3) is 0 Å². The molecular weight excluding hydrogens is 250 g/mol. The molecule has 19 heavy (non-hydrogen) atoms. The van der Waals surface area contributed by atoms with Crippen LogP contribution < -0.4 is 0 Å². The SMILES string of the molecule is O=C(O)CC1(CCc2ccc(F)c(F)c2)CCCC1. The highest BCUT2D eigenvalue weighted by atomic mass is 19.2. The number of hydrogen-bond donors (Lipinski definition) is 1. The lowest BCUT2D eigenvalue weighted by Gasteiger charge is -2.27. The predicted molar refractivity (Wildman–Crippen MR) is 67.8 cm³/mol. The van der Waals surface area contributed by atoms with Crippen LogP contribution in [0.1, 0.15) is 44.1 Å². The molecule has 1 aliphatic carbocycles. The van der Waals surface area contributed by atoms with E-state index in [0.29, 0.717) is 6.42 Å². The van der Waals surface area contributed by atoms with Crippen molar-refractivity contribution in [1.82, 2.24) is 0 Å². The summed E-state index contributed by atoms with van der Waals surface area (Å²) in [5.74, 6) is -2.45. The minimum absolute atomic E-state index is 0.156. The van der Waals surface area contributed by atoms with Gasteiger partial charge in [0.2, 0.25) is 0 Å². The fraction of sp³-hybridized carbons (Fsp3) is 0.533. The van der Waals surface area contributed by atoms with Gasteiger partial charge in [0.25, 0.3) is 0 Å². The van der Waals surface area contributed by atoms with E-state index >= 15 is 0 Å². The third-order valence-corrected chi connectivity index (χ3v) is 4.12. The lowest BCUT2D eigenvalue weighted by molar-refractivity contribution is -0.139. The van der Waals surface area contributed by atoms with Crippen LogP contribution in [0.3, 0.4) is 0 Å². The zero-order valence-corrected chi connectivity index (χ0v) is 10.8. The molecule has 1 saturated carbocycles. The van der Waals surface area contributed by atoms with Crippen LogP contribution in [0.5, 0.6) is 0 Å². The molecule has 0 heterocycles. The summed E-state index contributed by atoms with van der Waals surface area (Å²) in [6.07, 6.45) is 5.47. The Kier molecular flexibility index (Phi) is 4.17. The standard InChI is InChI=1S/C15H18F2O2/c16-12-4-3-11(9-13(12)17)5-8-15(10-14(18)19)6-1-2-7-15/h3-4,9H,1-2,5-8,10H2,(H,18,19). The number of hydrogen-bond acceptors (Lipinski definition) is 1. The molecule has 0 spiro atoms. The smallest absolute Gasteiger partial charge is 0.303 e. The summed E-state index contributed by atoms with van der Waals surface area (Å²) in [5, 5.41) is 9.01. The van der Waals surface area contributed by atoms with Gasteiger partial charge in [-0.3, -0.25) is 4.79 Å². The van der Waals surface area contributed by atoms with Crippen LogP contribution in [0.4, 0.5) is 8.78 Å². The molecule has 1 aromatic carbocycles. The molecule has 1 N–H and O–H groups in total. The zero-order valence-electron chi connectivity index (χ0n) is 10.8. The molecule has 104 valence electrons. The Labute approximate surface area is 111 Å². The maximum atomic E-state index is 13.1. The Hall–Kier alpha value is -1.45. The average molecular weight is 268 g/mol. The second-order valence-electron chi connectivity index (χ2n) is 5.53. The van der Waals surface area contributed by atoms with Gasteiger partial charge in [0, 0.05) is 0 Å². The van der Waals surface area contributed by atoms with Gasteiger partial charge in [-0.2, -0.15) is 0 Å². The minimum Gasteiger partial charge on any atom is -0.481 e. The van der Waals surface area contributed by atoms with Crippen molar-refractivity contribution in [2.45, 2.75) is 44.9 Å². The normalized spacial score (nSPS) is 17.6. The van der Waals surface area contributed by atoms with Gasteiger partial charge >= 0.3 is 5.97 Å². The molecule has 2 rings (SSSR count). The van der Waals surface area contributed by atoms with Crippen molar-refractivity contribution in [2.24, 2.45) is 5.41 Å². The Morgan fingerprint density at radius 1 is 1.21 bits per heavy atom. The van der Waals surface area contributed by atoms with Gasteiger partial charge in [-0.25, -0.2) is 8.78 Å². The summed E-state index contributed by atoms with van der Waals surface area (Å²) in [4.78, 5) is 11.0. The first-order valence-corrected chi connectivity index (χ1v) is 6.67. The number of rotatable bonds is 5. The average Bonchev–Trinajstić information content (AvgIpc) is 2.79. The third kappa shape index (κ3) is 3.52. The van der Waals surface area contributed by atoms with Crippen molar-refractivity contribution in [2.75, 3.05) is 0 Å². The molecule has 0 amide bonds. The Bertz CT molecular complexity index is 465. The van der Waals surface area contributed by atoms with Crippen LogP contribution in [-0.4, -0.2) is 11.1 Å². The number of carbonyl (C=O) groups is 1. The minimum atomic E-state index is -0.843. The summed E-state index contributed by atoms with van der Waals surface area (Å²) >= 11 is 0. The van der Waals surface area contributed by atoms with Crippen LogP contribution in [-0.2, 0) is 11.2 Å². The molecule has 0 radical (unpaired) electrons. The lowest BCUT2D eigenvalue weighted by atomic mass is 9.77. The number of carboxylic acid groups (broad SMARTS) is 1. The topological polar surface area (TPSA) is 37.3 Å². The van der Waals surface area contributed by atoms with E-state index in [-0.39, 0.29) is 11.8 Å². The molecule has 0 aromatic heterocycles. The Morgan fingerprint density at radius 2 is 1.89 bits per heavy atom. The summed E-state index contributed by atoms with van der Waals surface area (Å²) < 4.78 is 26.0. The summed E-state index contributed by atoms with van der Waals surface area (Å²) in [6.45, 7) is 0. The fourth-order valence-corrected chi connectivity index (χ4v) is 3.07. The molecule has 0 saturated heterocycles. The van der Waals surface area contributed by atoms with Crippen LogP contribution in [0.2, 0.25) is 0 Å². The van der Waals surface area contributed by atoms with Crippen molar-refractivity contribution >= 4 is 5.97 Å². The quantitative estimate of drug-likeness (QED) is 0.878. The predicted octanol–water partition coefficient (Wildman–Crippen LogP) is 3.93. The van der Waals surface area contributed by atoms with E-state index in [1.807, 2.05) is 0 Å². The fourth-order valence-electron chi connectivity index (χ4n) is 3.07. The van der Waals surface area contributed by atoms with Gasteiger partial charge < -0.3 is 5.11 Å². The molecule has 0 atom stereocenters. The van der Waals surface area contributed by atoms with E-state index in [9.17, 15) is 13.6 Å². The summed E-state index contributed by atoms with van der Waals surface area (Å²) in [7, 11) is 0. The van der Waals surface area contributed by atoms with Gasteiger partial charge in [0.15, 0.2) is 11.6 Å². The Morgan fingerprint density at radius 3 is 2.47 bits per heavy atom. The highest BCUT2D eigenvalue weighted by Gasteiger charge is 2.35. The first kappa shape index (κ1) is 14.0. The molecule has 2 nitrogen and oxygen atoms in total. The number of halogens is 2. The van der Waals surface area contributed by atoms with Gasteiger partial charge in [-0.1, -0.05) is 18.9 Å². The van der Waals surface area contributed by atoms with Gasteiger partial charge in [0.05, 0.1) is 6.42 Å². The van der Waals surface area contributed by atoms with E-state index in [1.165, 1.54) is 6.07 Å². The monoisotopic (exact) mass is 268 g/mol. The van der Waals surface area contributed by atoms with E-state index < -0.39 is 17.6 Å². The van der Waals surface area contributed by atoms with E-state index in [1.54, 1.807) is 6.07 Å². The third-order valence-electron chi connectivity index (χ3n) is 4.12. The van der Waals surface area contributed by atoms with Crippen molar-refractivity contribution in [1.29, 1.82) is 0 Å². The second kappa shape index (κ2) is 5.68. The highest BCUT2D eigenvalue weighted by molar-refractivity contribution is 5.67. The maximum Gasteiger partial charge on any atom is 0.303 e. The molecular formula is C15H18F2O2. The van der Waals surface area contributed by atoms with Crippen molar-refractivity contribution in [3.05, 3.63) is 35.4 Å². The lowest BCUT2D eigenvalue weighted by Crippen LogP contribution is -2.21. The number of aliphatic carboxylic acids is 1. The summed E-state index contributed by atoms with van der Waals surface area (Å²) in [5.41, 5.74) is 0.576. The summed E-state index contributed by atoms with van der Waals surface area (Å²) in [6, 6.07) is 3.91. The van der Waals surface area contributed by atoms with E-state index in [2.05, 4.69) is 0 Å². The van der Waals surface area contributed by atoms with Crippen LogP contribution in [0.15, 0.2) is 18.2 Å². The first-order valence-electron chi connectivity index (χ1n) is 6.67. The van der Waals surface area contributed by atoms with Crippen molar-refractivity contribution in [3.63, 3.8) is 0 Å². The maximum absolute atomic E-state index is 13.1. The zero-order chi connectivity index (χ0) is 13.9. The van der Waals surface area contributed by atoms with Gasteiger partial charge in [0.1, 0.15) is 0 Å². The number of benzene rings is 1. The van der Waals surface area contributed by atoms with E-state index in [4.69, 9.17) is 5.11 Å². The molecule has 0 aliphatic heterocycles. The second-order valence-corrected chi connectivity index (χ2v) is 5.53. The number of aryl methyl sites for hydroxylation is 1. The molecule has 1 fully saturated rings. The van der Waals surface area contributed by atoms with Crippen molar-refractivity contribution in [3.8, 4) is 0 Å². The molecule has 1 aromatic rings. The van der Waals surface area contributed by atoms with Gasteiger partial charge in [-0.05, 0) is 48.8 Å². The van der Waals surface area contributed by atoms with Crippen molar-refractivity contribution < 1.29 is 18.7 Å². The van der Waals surface area contributed by atoms with E-state index in [0.717, 1.165) is 43.7 Å². The van der Waals surface area contributed by atoms with Crippen LogP contribution >= 0.6 is 0 Å². The van der Waals surface area contributed by atoms with Gasteiger partial charge in [-0.15, -0.1) is 0 Å². The van der Waals surface area contributed by atoms with Crippen LogP contribution in [0, 0.1) is 17.0 Å². The molecule has 4 heteroatoms. The molecule has 0 unspecified atom stereocenters. The molecule has 0 bridgehead atoms. The largest absolute Gasteiger partial charge is 0.481 e. The highest BCUT2D eigenvalue weighted by Crippen LogP contribution is 2.44. The first-order chi connectivity index (χ1) is 9.01.